The first-order valence-corrected chi connectivity index (χ1v) is 10.3. The molecule has 0 aromatic carbocycles. The van der Waals surface area contributed by atoms with Gasteiger partial charge in [0.05, 0.1) is 17.0 Å². The Morgan fingerprint density at radius 1 is 1.27 bits per heavy atom. The Labute approximate surface area is 158 Å². The summed E-state index contributed by atoms with van der Waals surface area (Å²) in [5.74, 6) is 0.0805. The molecular formula is C19H27N5OS. The smallest absolute Gasteiger partial charge is 0.274 e. The summed E-state index contributed by atoms with van der Waals surface area (Å²) in [6.07, 6.45) is 8.24. The van der Waals surface area contributed by atoms with E-state index in [0.717, 1.165) is 44.2 Å². The third-order valence-corrected chi connectivity index (χ3v) is 6.49. The van der Waals surface area contributed by atoms with Crippen molar-refractivity contribution in [2.75, 3.05) is 26.2 Å². The number of amides is 1. The summed E-state index contributed by atoms with van der Waals surface area (Å²) >= 11 is 1.72. The third-order valence-electron chi connectivity index (χ3n) is 5.67. The van der Waals surface area contributed by atoms with E-state index >= 15 is 0 Å². The van der Waals surface area contributed by atoms with E-state index in [1.807, 2.05) is 22.7 Å². The van der Waals surface area contributed by atoms with Gasteiger partial charge in [-0.15, -0.1) is 11.3 Å². The molecule has 2 aromatic rings. The van der Waals surface area contributed by atoms with Crippen molar-refractivity contribution in [3.8, 4) is 0 Å². The molecule has 2 aromatic heterocycles. The Morgan fingerprint density at radius 3 is 2.77 bits per heavy atom. The molecule has 0 radical (unpaired) electrons. The number of thiazole rings is 1. The van der Waals surface area contributed by atoms with Gasteiger partial charge in [-0.05, 0) is 39.2 Å². The molecule has 0 aliphatic carbocycles. The highest BCUT2D eigenvalue weighted by Gasteiger charge is 2.40. The van der Waals surface area contributed by atoms with Crippen LogP contribution in [0.2, 0.25) is 0 Å². The molecule has 4 rings (SSSR count). The average Bonchev–Trinajstić information content (AvgIpc) is 3.23. The van der Waals surface area contributed by atoms with Crippen molar-refractivity contribution in [1.82, 2.24) is 24.3 Å². The van der Waals surface area contributed by atoms with Crippen molar-refractivity contribution in [3.05, 3.63) is 34.3 Å². The van der Waals surface area contributed by atoms with Crippen LogP contribution in [-0.4, -0.2) is 56.4 Å². The van der Waals surface area contributed by atoms with Gasteiger partial charge in [0.25, 0.3) is 5.91 Å². The minimum absolute atomic E-state index is 0.0805. The number of hydrogen-bond donors (Lipinski definition) is 0. The summed E-state index contributed by atoms with van der Waals surface area (Å²) in [6, 6.07) is 0. The number of aromatic nitrogens is 3. The molecule has 140 valence electrons. The molecule has 0 bridgehead atoms. The highest BCUT2D eigenvalue weighted by atomic mass is 32.1. The number of piperidine rings is 2. The van der Waals surface area contributed by atoms with Gasteiger partial charge in [0.15, 0.2) is 0 Å². The Hall–Kier alpha value is -1.73. The van der Waals surface area contributed by atoms with Crippen LogP contribution in [-0.2, 0) is 13.6 Å². The maximum absolute atomic E-state index is 12.8. The number of carbonyl (C=O) groups is 1. The van der Waals surface area contributed by atoms with Gasteiger partial charge in [0.2, 0.25) is 0 Å². The SMILES string of the molecule is Cc1nc(CN2CCCC3(CCCN(C(=O)c4cn(C)cn4)C3)C2)cs1. The molecule has 2 fully saturated rings. The Kier molecular flexibility index (Phi) is 4.84. The van der Waals surface area contributed by atoms with Gasteiger partial charge < -0.3 is 9.47 Å². The molecule has 7 heteroatoms. The molecule has 0 saturated carbocycles. The fraction of sp³-hybridized carbons (Fsp3) is 0.632. The molecule has 2 saturated heterocycles. The van der Waals surface area contributed by atoms with Crippen LogP contribution < -0.4 is 0 Å². The number of carbonyl (C=O) groups excluding carboxylic acids is 1. The van der Waals surface area contributed by atoms with Gasteiger partial charge in [-0.3, -0.25) is 9.69 Å². The lowest BCUT2D eigenvalue weighted by atomic mass is 9.73. The summed E-state index contributed by atoms with van der Waals surface area (Å²) in [7, 11) is 1.90. The lowest BCUT2D eigenvalue weighted by Gasteiger charge is -2.48. The minimum Gasteiger partial charge on any atom is -0.340 e. The first-order valence-electron chi connectivity index (χ1n) is 9.44. The van der Waals surface area contributed by atoms with Crippen LogP contribution in [0.3, 0.4) is 0 Å². The topological polar surface area (TPSA) is 54.3 Å². The van der Waals surface area contributed by atoms with Crippen LogP contribution in [0.5, 0.6) is 0 Å². The van der Waals surface area contributed by atoms with Gasteiger partial charge in [-0.25, -0.2) is 9.97 Å². The molecule has 26 heavy (non-hydrogen) atoms. The standard InChI is InChI=1S/C19H27N5OS/c1-15-21-16(11-26-15)9-23-7-3-5-19(12-23)6-4-8-24(13-19)18(25)17-10-22(2)14-20-17/h10-11,14H,3-9,12-13H2,1-2H3. The summed E-state index contributed by atoms with van der Waals surface area (Å²) in [5, 5.41) is 3.31. The maximum atomic E-state index is 12.8. The molecule has 1 atom stereocenters. The zero-order chi connectivity index (χ0) is 18.1. The van der Waals surface area contributed by atoms with Gasteiger partial charge in [0.1, 0.15) is 5.69 Å². The van der Waals surface area contributed by atoms with Crippen LogP contribution in [0.15, 0.2) is 17.9 Å². The summed E-state index contributed by atoms with van der Waals surface area (Å²) in [5.41, 5.74) is 1.98. The number of likely N-dealkylation sites (tertiary alicyclic amines) is 2. The molecule has 6 nitrogen and oxygen atoms in total. The van der Waals surface area contributed by atoms with E-state index in [4.69, 9.17) is 0 Å². The van der Waals surface area contributed by atoms with Crippen LogP contribution in [0, 0.1) is 12.3 Å². The third kappa shape index (κ3) is 3.69. The molecular weight excluding hydrogens is 346 g/mol. The van der Waals surface area contributed by atoms with Crippen molar-refractivity contribution < 1.29 is 4.79 Å². The highest BCUT2D eigenvalue weighted by molar-refractivity contribution is 7.09. The predicted octanol–water partition coefficient (Wildman–Crippen LogP) is 2.70. The number of rotatable bonds is 3. The van der Waals surface area contributed by atoms with E-state index in [-0.39, 0.29) is 11.3 Å². The maximum Gasteiger partial charge on any atom is 0.274 e. The first-order chi connectivity index (χ1) is 12.5. The Morgan fingerprint density at radius 2 is 2.08 bits per heavy atom. The zero-order valence-electron chi connectivity index (χ0n) is 15.6. The summed E-state index contributed by atoms with van der Waals surface area (Å²) < 4.78 is 1.84. The Balaban J connectivity index is 1.44. The lowest BCUT2D eigenvalue weighted by Crippen LogP contribution is -2.53. The second kappa shape index (κ2) is 7.12. The normalized spacial score (nSPS) is 24.3. The minimum atomic E-state index is 0.0805. The number of nitrogens with zero attached hydrogens (tertiary/aromatic N) is 5. The summed E-state index contributed by atoms with van der Waals surface area (Å²) in [4.78, 5) is 26.3. The van der Waals surface area contributed by atoms with E-state index in [1.54, 1.807) is 17.7 Å². The largest absolute Gasteiger partial charge is 0.340 e. The number of hydrogen-bond acceptors (Lipinski definition) is 5. The highest BCUT2D eigenvalue weighted by Crippen LogP contribution is 2.39. The van der Waals surface area contributed by atoms with Gasteiger partial charge in [-0.1, -0.05) is 0 Å². The van der Waals surface area contributed by atoms with Crippen LogP contribution >= 0.6 is 11.3 Å². The molecule has 2 aliphatic heterocycles. The first kappa shape index (κ1) is 17.7. The van der Waals surface area contributed by atoms with Crippen molar-refractivity contribution in [2.24, 2.45) is 12.5 Å². The van der Waals surface area contributed by atoms with Crippen LogP contribution in [0.25, 0.3) is 0 Å². The number of imidazole rings is 1. The van der Waals surface area contributed by atoms with Crippen LogP contribution in [0.1, 0.15) is 46.9 Å². The van der Waals surface area contributed by atoms with Gasteiger partial charge in [-0.2, -0.15) is 0 Å². The molecule has 4 heterocycles. The van der Waals surface area contributed by atoms with Crippen molar-refractivity contribution in [2.45, 2.75) is 39.2 Å². The number of aryl methyl sites for hydroxylation is 2. The molecule has 1 amide bonds. The average molecular weight is 374 g/mol. The molecule has 0 N–H and O–H groups in total. The molecule has 2 aliphatic rings. The van der Waals surface area contributed by atoms with E-state index < -0.39 is 0 Å². The molecule has 1 spiro atoms. The quantitative estimate of drug-likeness (QED) is 0.830. The Bertz CT molecular complexity index is 780. The van der Waals surface area contributed by atoms with Gasteiger partial charge in [0, 0.05) is 50.2 Å². The fourth-order valence-corrected chi connectivity index (χ4v) is 5.16. The van der Waals surface area contributed by atoms with Crippen LogP contribution in [0.4, 0.5) is 0 Å². The second-order valence-electron chi connectivity index (χ2n) is 7.93. The van der Waals surface area contributed by atoms with Crippen molar-refractivity contribution in [1.29, 1.82) is 0 Å². The fourth-order valence-electron chi connectivity index (χ4n) is 4.55. The lowest BCUT2D eigenvalue weighted by molar-refractivity contribution is 0.0108. The van der Waals surface area contributed by atoms with E-state index in [9.17, 15) is 4.79 Å². The van der Waals surface area contributed by atoms with E-state index in [2.05, 4.69) is 27.2 Å². The zero-order valence-corrected chi connectivity index (χ0v) is 16.5. The van der Waals surface area contributed by atoms with Crippen molar-refractivity contribution in [3.63, 3.8) is 0 Å². The van der Waals surface area contributed by atoms with E-state index in [0.29, 0.717) is 5.69 Å². The summed E-state index contributed by atoms with van der Waals surface area (Å²) in [6.45, 7) is 6.90. The second-order valence-corrected chi connectivity index (χ2v) is 8.99. The predicted molar refractivity (Wildman–Crippen MR) is 102 cm³/mol. The van der Waals surface area contributed by atoms with Crippen molar-refractivity contribution >= 4 is 17.2 Å². The molecule has 1 unspecified atom stereocenters. The van der Waals surface area contributed by atoms with Gasteiger partial charge >= 0.3 is 0 Å². The monoisotopic (exact) mass is 373 g/mol. The van der Waals surface area contributed by atoms with E-state index in [1.165, 1.54) is 25.0 Å².